The van der Waals surface area contributed by atoms with Gasteiger partial charge in [-0.25, -0.2) is 0 Å². The molecule has 1 aliphatic carbocycles. The number of carboxylic acids is 1. The zero-order chi connectivity index (χ0) is 12.6. The van der Waals surface area contributed by atoms with Crippen molar-refractivity contribution in [3.63, 3.8) is 0 Å². The SMILES string of the molecule is O=C(O)C1CCCN1CC1CCC2(CCCC2)O1. The molecule has 2 unspecified atom stereocenters. The molecule has 0 aromatic rings. The van der Waals surface area contributed by atoms with Crippen molar-refractivity contribution in [3.8, 4) is 0 Å². The third-order valence-electron chi connectivity index (χ3n) is 4.94. The quantitative estimate of drug-likeness (QED) is 0.836. The summed E-state index contributed by atoms with van der Waals surface area (Å²) in [5.41, 5.74) is 0.170. The first-order chi connectivity index (χ1) is 8.69. The first kappa shape index (κ1) is 12.4. The highest BCUT2D eigenvalue weighted by Crippen LogP contribution is 2.43. The maximum absolute atomic E-state index is 11.2. The van der Waals surface area contributed by atoms with E-state index in [1.807, 2.05) is 0 Å². The van der Waals surface area contributed by atoms with Gasteiger partial charge < -0.3 is 9.84 Å². The van der Waals surface area contributed by atoms with E-state index in [-0.39, 0.29) is 17.7 Å². The molecule has 3 fully saturated rings. The van der Waals surface area contributed by atoms with Gasteiger partial charge in [-0.15, -0.1) is 0 Å². The average Bonchev–Trinajstić information content (AvgIpc) is 3.03. The van der Waals surface area contributed by atoms with E-state index in [0.717, 1.165) is 32.4 Å². The third kappa shape index (κ3) is 2.28. The Labute approximate surface area is 108 Å². The van der Waals surface area contributed by atoms with Gasteiger partial charge in [0.2, 0.25) is 0 Å². The molecular weight excluding hydrogens is 230 g/mol. The van der Waals surface area contributed by atoms with Gasteiger partial charge in [0, 0.05) is 6.54 Å². The molecule has 1 N–H and O–H groups in total. The fraction of sp³-hybridized carbons (Fsp3) is 0.929. The maximum atomic E-state index is 11.2. The van der Waals surface area contributed by atoms with Gasteiger partial charge in [0.05, 0.1) is 11.7 Å². The lowest BCUT2D eigenvalue weighted by atomic mass is 9.98. The lowest BCUT2D eigenvalue weighted by Gasteiger charge is -2.27. The van der Waals surface area contributed by atoms with E-state index in [4.69, 9.17) is 4.74 Å². The predicted octanol–water partition coefficient (Wildman–Crippen LogP) is 2.03. The van der Waals surface area contributed by atoms with Gasteiger partial charge in [0.1, 0.15) is 6.04 Å². The zero-order valence-corrected chi connectivity index (χ0v) is 10.9. The number of carboxylic acid groups (broad SMARTS) is 1. The van der Waals surface area contributed by atoms with Crippen LogP contribution in [0.25, 0.3) is 0 Å². The highest BCUT2D eigenvalue weighted by molar-refractivity contribution is 5.73. The molecule has 2 heterocycles. The molecule has 4 nitrogen and oxygen atoms in total. The van der Waals surface area contributed by atoms with Gasteiger partial charge in [-0.1, -0.05) is 12.8 Å². The second-order valence-electron chi connectivity index (χ2n) is 6.16. The summed E-state index contributed by atoms with van der Waals surface area (Å²) in [4.78, 5) is 13.3. The molecule has 18 heavy (non-hydrogen) atoms. The van der Waals surface area contributed by atoms with E-state index in [2.05, 4.69) is 4.90 Å². The van der Waals surface area contributed by atoms with Gasteiger partial charge >= 0.3 is 5.97 Å². The van der Waals surface area contributed by atoms with Crippen molar-refractivity contribution in [1.29, 1.82) is 0 Å². The summed E-state index contributed by atoms with van der Waals surface area (Å²) in [5.74, 6) is -0.666. The van der Waals surface area contributed by atoms with Crippen molar-refractivity contribution in [2.24, 2.45) is 0 Å². The topological polar surface area (TPSA) is 49.8 Å². The Morgan fingerprint density at radius 3 is 2.72 bits per heavy atom. The van der Waals surface area contributed by atoms with E-state index >= 15 is 0 Å². The van der Waals surface area contributed by atoms with E-state index in [9.17, 15) is 9.90 Å². The molecule has 1 saturated carbocycles. The standard InChI is InChI=1S/C14H23NO3/c16-13(17)12-4-3-9-15(12)10-11-5-8-14(18-11)6-1-2-7-14/h11-12H,1-10H2,(H,16,17). The summed E-state index contributed by atoms with van der Waals surface area (Å²) in [7, 11) is 0. The number of hydrogen-bond donors (Lipinski definition) is 1. The molecule has 0 bridgehead atoms. The highest BCUT2D eigenvalue weighted by Gasteiger charge is 2.43. The van der Waals surface area contributed by atoms with Crippen molar-refractivity contribution in [2.75, 3.05) is 13.1 Å². The summed E-state index contributed by atoms with van der Waals surface area (Å²) < 4.78 is 6.27. The zero-order valence-electron chi connectivity index (χ0n) is 10.9. The van der Waals surface area contributed by atoms with Crippen LogP contribution in [-0.2, 0) is 9.53 Å². The van der Waals surface area contributed by atoms with Crippen LogP contribution in [0, 0.1) is 0 Å². The summed E-state index contributed by atoms with van der Waals surface area (Å²) in [6.07, 6.45) is 9.40. The first-order valence-corrected chi connectivity index (χ1v) is 7.33. The molecule has 102 valence electrons. The fourth-order valence-corrected chi connectivity index (χ4v) is 4.00. The van der Waals surface area contributed by atoms with Crippen LogP contribution >= 0.6 is 0 Å². The first-order valence-electron chi connectivity index (χ1n) is 7.33. The Bertz CT molecular complexity index is 325. The van der Waals surface area contributed by atoms with Crippen molar-refractivity contribution < 1.29 is 14.6 Å². The molecule has 1 spiro atoms. The second-order valence-corrected chi connectivity index (χ2v) is 6.16. The second kappa shape index (κ2) is 4.82. The molecule has 2 atom stereocenters. The van der Waals surface area contributed by atoms with Crippen molar-refractivity contribution >= 4 is 5.97 Å². The number of ether oxygens (including phenoxy) is 1. The van der Waals surface area contributed by atoms with Crippen LogP contribution in [0.5, 0.6) is 0 Å². The molecule has 4 heteroatoms. The number of likely N-dealkylation sites (tertiary alicyclic amines) is 1. The van der Waals surface area contributed by atoms with Gasteiger partial charge in [0.25, 0.3) is 0 Å². The number of aliphatic carboxylic acids is 1. The van der Waals surface area contributed by atoms with Gasteiger partial charge in [-0.05, 0) is 45.1 Å². The number of rotatable bonds is 3. The minimum Gasteiger partial charge on any atom is -0.480 e. The Morgan fingerprint density at radius 2 is 2.00 bits per heavy atom. The molecule has 0 aromatic carbocycles. The van der Waals surface area contributed by atoms with Crippen molar-refractivity contribution in [1.82, 2.24) is 4.90 Å². The maximum Gasteiger partial charge on any atom is 0.320 e. The van der Waals surface area contributed by atoms with Crippen molar-refractivity contribution in [2.45, 2.75) is 69.1 Å². The van der Waals surface area contributed by atoms with E-state index in [1.54, 1.807) is 0 Å². The molecule has 0 aromatic heterocycles. The van der Waals surface area contributed by atoms with Crippen molar-refractivity contribution in [3.05, 3.63) is 0 Å². The van der Waals surface area contributed by atoms with Gasteiger partial charge in [-0.3, -0.25) is 9.69 Å². The van der Waals surface area contributed by atoms with Crippen LogP contribution in [0.15, 0.2) is 0 Å². The summed E-state index contributed by atoms with van der Waals surface area (Å²) in [6.45, 7) is 1.74. The number of carbonyl (C=O) groups is 1. The molecule has 2 saturated heterocycles. The predicted molar refractivity (Wildman–Crippen MR) is 67.5 cm³/mol. The van der Waals surface area contributed by atoms with Crippen LogP contribution < -0.4 is 0 Å². The molecule has 2 aliphatic heterocycles. The largest absolute Gasteiger partial charge is 0.480 e. The summed E-state index contributed by atoms with van der Waals surface area (Å²) in [6, 6.07) is -0.270. The van der Waals surface area contributed by atoms with Crippen LogP contribution in [0.1, 0.15) is 51.4 Å². The number of hydrogen-bond acceptors (Lipinski definition) is 3. The lowest BCUT2D eigenvalue weighted by Crippen LogP contribution is -2.41. The smallest absolute Gasteiger partial charge is 0.320 e. The third-order valence-corrected chi connectivity index (χ3v) is 4.94. The Hall–Kier alpha value is -0.610. The minimum atomic E-state index is -0.666. The number of nitrogens with zero attached hydrogens (tertiary/aromatic N) is 1. The Kier molecular flexibility index (Phi) is 3.32. The Balaban J connectivity index is 1.56. The van der Waals surface area contributed by atoms with E-state index in [1.165, 1.54) is 32.1 Å². The highest BCUT2D eigenvalue weighted by atomic mass is 16.5. The molecule has 3 aliphatic rings. The Morgan fingerprint density at radius 1 is 1.22 bits per heavy atom. The van der Waals surface area contributed by atoms with Crippen LogP contribution in [-0.4, -0.2) is 46.8 Å². The fourth-order valence-electron chi connectivity index (χ4n) is 4.00. The summed E-state index contributed by atoms with van der Waals surface area (Å²) >= 11 is 0. The van der Waals surface area contributed by atoms with Crippen LogP contribution in [0.3, 0.4) is 0 Å². The molecule has 0 amide bonds. The van der Waals surface area contributed by atoms with E-state index < -0.39 is 5.97 Å². The molecule has 3 rings (SSSR count). The monoisotopic (exact) mass is 253 g/mol. The van der Waals surface area contributed by atoms with Crippen LogP contribution in [0.2, 0.25) is 0 Å². The molecule has 0 radical (unpaired) electrons. The van der Waals surface area contributed by atoms with Gasteiger partial charge in [0.15, 0.2) is 0 Å². The van der Waals surface area contributed by atoms with E-state index in [0.29, 0.717) is 0 Å². The average molecular weight is 253 g/mol. The van der Waals surface area contributed by atoms with Gasteiger partial charge in [-0.2, -0.15) is 0 Å². The lowest BCUT2D eigenvalue weighted by molar-refractivity contribution is -0.142. The molecular formula is C14H23NO3. The van der Waals surface area contributed by atoms with Crippen LogP contribution in [0.4, 0.5) is 0 Å². The normalized spacial score (nSPS) is 35.6. The summed E-state index contributed by atoms with van der Waals surface area (Å²) in [5, 5.41) is 9.18. The minimum absolute atomic E-state index is 0.170.